The van der Waals surface area contributed by atoms with Crippen LogP contribution in [0.15, 0.2) is 33.3 Å². The third-order valence-electron chi connectivity index (χ3n) is 2.20. The molecule has 0 saturated heterocycles. The Bertz CT molecular complexity index is 495. The number of benzene rings is 1. The van der Waals surface area contributed by atoms with Crippen molar-refractivity contribution in [3.63, 3.8) is 0 Å². The third-order valence-corrected chi connectivity index (χ3v) is 3.38. The predicted octanol–water partition coefficient (Wildman–Crippen LogP) is 2.95. The molecule has 0 amide bonds. The molecule has 84 valence electrons. The summed E-state index contributed by atoms with van der Waals surface area (Å²) in [6, 6.07) is 6.00. The van der Waals surface area contributed by atoms with Crippen LogP contribution in [0.3, 0.4) is 0 Å². The van der Waals surface area contributed by atoms with E-state index in [0.29, 0.717) is 6.54 Å². The van der Waals surface area contributed by atoms with Crippen LogP contribution in [0.4, 0.5) is 5.69 Å². The molecule has 16 heavy (non-hydrogen) atoms. The summed E-state index contributed by atoms with van der Waals surface area (Å²) < 4.78 is 3.82. The van der Waals surface area contributed by atoms with Gasteiger partial charge < -0.3 is 5.32 Å². The van der Waals surface area contributed by atoms with E-state index in [1.54, 1.807) is 10.9 Å². The fourth-order valence-corrected chi connectivity index (χ4v) is 2.04. The van der Waals surface area contributed by atoms with Crippen LogP contribution in [0, 0.1) is 0 Å². The highest BCUT2D eigenvalue weighted by molar-refractivity contribution is 9.11. The Kier molecular flexibility index (Phi) is 3.60. The number of nitrogens with one attached hydrogen (secondary N) is 1. The van der Waals surface area contributed by atoms with Gasteiger partial charge in [-0.2, -0.15) is 0 Å². The van der Waals surface area contributed by atoms with Gasteiger partial charge in [-0.05, 0) is 34.1 Å². The zero-order valence-corrected chi connectivity index (χ0v) is 11.8. The second-order valence-corrected chi connectivity index (χ2v) is 5.10. The topological polar surface area (TPSA) is 42.7 Å². The van der Waals surface area contributed by atoms with Gasteiger partial charge in [0, 0.05) is 21.7 Å². The molecule has 0 saturated carbocycles. The Hall–Kier alpha value is -0.880. The number of halogens is 2. The Morgan fingerprint density at radius 3 is 2.88 bits per heavy atom. The largest absolute Gasteiger partial charge is 0.378 e. The molecule has 0 atom stereocenters. The maximum Gasteiger partial charge on any atom is 0.0774 e. The predicted molar refractivity (Wildman–Crippen MR) is 70.2 cm³/mol. The molecular weight excluding hydrogens is 336 g/mol. The first-order valence-corrected chi connectivity index (χ1v) is 6.28. The van der Waals surface area contributed by atoms with Crippen molar-refractivity contribution in [3.05, 3.63) is 39.0 Å². The summed E-state index contributed by atoms with van der Waals surface area (Å²) in [4.78, 5) is 0. The molecule has 0 fully saturated rings. The number of aryl methyl sites for hydroxylation is 1. The molecule has 4 nitrogen and oxygen atoms in total. The molecule has 0 aliphatic carbocycles. The summed E-state index contributed by atoms with van der Waals surface area (Å²) in [6.45, 7) is 0.693. The molecule has 0 unspecified atom stereocenters. The van der Waals surface area contributed by atoms with E-state index < -0.39 is 0 Å². The highest BCUT2D eigenvalue weighted by atomic mass is 79.9. The first kappa shape index (κ1) is 11.6. The van der Waals surface area contributed by atoms with Crippen LogP contribution in [-0.4, -0.2) is 15.0 Å². The number of hydrogen-bond donors (Lipinski definition) is 1. The Morgan fingerprint density at radius 2 is 2.19 bits per heavy atom. The van der Waals surface area contributed by atoms with Gasteiger partial charge in [0.2, 0.25) is 0 Å². The first-order valence-electron chi connectivity index (χ1n) is 4.69. The lowest BCUT2D eigenvalue weighted by atomic mass is 10.3. The van der Waals surface area contributed by atoms with Gasteiger partial charge in [-0.1, -0.05) is 21.1 Å². The lowest BCUT2D eigenvalue weighted by molar-refractivity contribution is 0.683. The summed E-state index contributed by atoms with van der Waals surface area (Å²) in [5.74, 6) is 0. The average molecular weight is 346 g/mol. The Morgan fingerprint density at radius 1 is 1.38 bits per heavy atom. The van der Waals surface area contributed by atoms with E-state index >= 15 is 0 Å². The molecule has 0 bridgehead atoms. The maximum absolute atomic E-state index is 3.87. The van der Waals surface area contributed by atoms with Gasteiger partial charge in [0.1, 0.15) is 0 Å². The minimum atomic E-state index is 0.693. The van der Waals surface area contributed by atoms with Crippen molar-refractivity contribution in [3.8, 4) is 0 Å². The van der Waals surface area contributed by atoms with Crippen LogP contribution in [-0.2, 0) is 13.6 Å². The van der Waals surface area contributed by atoms with E-state index in [1.165, 1.54) is 0 Å². The number of aromatic nitrogens is 3. The highest BCUT2D eigenvalue weighted by Gasteiger charge is 2.03. The van der Waals surface area contributed by atoms with Gasteiger partial charge in [0.25, 0.3) is 0 Å². The van der Waals surface area contributed by atoms with Gasteiger partial charge in [-0.3, -0.25) is 4.68 Å². The van der Waals surface area contributed by atoms with Gasteiger partial charge in [-0.15, -0.1) is 5.10 Å². The fourth-order valence-electron chi connectivity index (χ4n) is 1.29. The smallest absolute Gasteiger partial charge is 0.0774 e. The Labute approximate surface area is 110 Å². The summed E-state index contributed by atoms with van der Waals surface area (Å²) in [5.41, 5.74) is 2.07. The standard InChI is InChI=1S/C10H10Br2N4/c1-16-8(6-14-15-16)5-13-10-4-7(11)2-3-9(10)12/h2-4,6,13H,5H2,1H3. The second kappa shape index (κ2) is 4.97. The van der Waals surface area contributed by atoms with Crippen molar-refractivity contribution in [2.75, 3.05) is 5.32 Å². The summed E-state index contributed by atoms with van der Waals surface area (Å²) in [7, 11) is 1.87. The molecule has 0 aliphatic rings. The fraction of sp³-hybridized carbons (Fsp3) is 0.200. The number of anilines is 1. The van der Waals surface area contributed by atoms with Gasteiger partial charge in [-0.25, -0.2) is 0 Å². The molecular formula is C10H10Br2N4. The molecule has 1 N–H and O–H groups in total. The van der Waals surface area contributed by atoms with Crippen LogP contribution >= 0.6 is 31.9 Å². The van der Waals surface area contributed by atoms with Crippen molar-refractivity contribution in [2.24, 2.45) is 7.05 Å². The monoisotopic (exact) mass is 344 g/mol. The Balaban J connectivity index is 2.10. The minimum Gasteiger partial charge on any atom is -0.378 e. The molecule has 0 spiro atoms. The quantitative estimate of drug-likeness (QED) is 0.930. The normalized spacial score (nSPS) is 10.4. The SMILES string of the molecule is Cn1nncc1CNc1cc(Br)ccc1Br. The van der Waals surface area contributed by atoms with E-state index in [2.05, 4.69) is 47.5 Å². The zero-order chi connectivity index (χ0) is 11.5. The van der Waals surface area contributed by atoms with E-state index in [-0.39, 0.29) is 0 Å². The maximum atomic E-state index is 3.87. The van der Waals surface area contributed by atoms with E-state index in [9.17, 15) is 0 Å². The molecule has 0 aliphatic heterocycles. The van der Waals surface area contributed by atoms with Crippen LogP contribution < -0.4 is 5.32 Å². The molecule has 6 heteroatoms. The summed E-state index contributed by atoms with van der Waals surface area (Å²) in [6.07, 6.45) is 1.75. The van der Waals surface area contributed by atoms with Gasteiger partial charge in [0.05, 0.1) is 18.4 Å². The minimum absolute atomic E-state index is 0.693. The average Bonchev–Trinajstić information content (AvgIpc) is 2.66. The van der Waals surface area contributed by atoms with Crippen molar-refractivity contribution in [1.29, 1.82) is 0 Å². The van der Waals surface area contributed by atoms with E-state index in [0.717, 1.165) is 20.3 Å². The highest BCUT2D eigenvalue weighted by Crippen LogP contribution is 2.26. The van der Waals surface area contributed by atoms with Gasteiger partial charge >= 0.3 is 0 Å². The van der Waals surface area contributed by atoms with Crippen molar-refractivity contribution < 1.29 is 0 Å². The van der Waals surface area contributed by atoms with Crippen molar-refractivity contribution in [1.82, 2.24) is 15.0 Å². The van der Waals surface area contributed by atoms with Gasteiger partial charge in [0.15, 0.2) is 0 Å². The molecule has 0 radical (unpaired) electrons. The van der Waals surface area contributed by atoms with Crippen LogP contribution in [0.25, 0.3) is 0 Å². The third kappa shape index (κ3) is 2.62. The number of hydrogen-bond acceptors (Lipinski definition) is 3. The lowest BCUT2D eigenvalue weighted by Crippen LogP contribution is -2.05. The second-order valence-electron chi connectivity index (χ2n) is 3.33. The van der Waals surface area contributed by atoms with E-state index in [4.69, 9.17) is 0 Å². The van der Waals surface area contributed by atoms with Crippen LogP contribution in [0.1, 0.15) is 5.69 Å². The number of rotatable bonds is 3. The van der Waals surface area contributed by atoms with Crippen molar-refractivity contribution >= 4 is 37.5 Å². The summed E-state index contributed by atoms with van der Waals surface area (Å²) in [5, 5.41) is 11.0. The van der Waals surface area contributed by atoms with Crippen LogP contribution in [0.5, 0.6) is 0 Å². The number of nitrogens with zero attached hydrogens (tertiary/aromatic N) is 3. The first-order chi connectivity index (χ1) is 7.66. The molecule has 1 heterocycles. The molecule has 1 aromatic heterocycles. The van der Waals surface area contributed by atoms with E-state index in [1.807, 2.05) is 25.2 Å². The molecule has 2 rings (SSSR count). The van der Waals surface area contributed by atoms with Crippen molar-refractivity contribution in [2.45, 2.75) is 6.54 Å². The zero-order valence-electron chi connectivity index (χ0n) is 8.61. The molecule has 2 aromatic rings. The summed E-state index contributed by atoms with van der Waals surface area (Å²) >= 11 is 6.93. The lowest BCUT2D eigenvalue weighted by Gasteiger charge is -2.08. The molecule has 1 aromatic carbocycles. The van der Waals surface area contributed by atoms with Crippen LogP contribution in [0.2, 0.25) is 0 Å².